The predicted octanol–water partition coefficient (Wildman–Crippen LogP) is 1.46. The third kappa shape index (κ3) is 2.84. The van der Waals surface area contributed by atoms with E-state index in [0.29, 0.717) is 0 Å². The maximum atomic E-state index is 10.5. The van der Waals surface area contributed by atoms with Crippen LogP contribution in [0.25, 0.3) is 0 Å². The quantitative estimate of drug-likeness (QED) is 0.439. The Bertz CT molecular complexity index is 416. The lowest BCUT2D eigenvalue weighted by Gasteiger charge is -2.06. The van der Waals surface area contributed by atoms with Crippen molar-refractivity contribution in [2.24, 2.45) is 0 Å². The summed E-state index contributed by atoms with van der Waals surface area (Å²) in [7, 11) is 1.36. The minimum Gasteiger partial charge on any atom is -0.493 e. The Morgan fingerprint density at radius 2 is 2.06 bits per heavy atom. The van der Waals surface area contributed by atoms with Crippen LogP contribution < -0.4 is 9.62 Å². The summed E-state index contributed by atoms with van der Waals surface area (Å²) in [5.41, 5.74) is -0.192. The number of carbonyl (C=O) groups excluding carboxylic acids is 1. The molecule has 0 N–H and O–H groups in total. The molecule has 0 radical (unpaired) electrons. The molecule has 0 saturated heterocycles. The van der Waals surface area contributed by atoms with Gasteiger partial charge in [-0.1, -0.05) is 0 Å². The predicted molar refractivity (Wildman–Crippen MR) is 52.0 cm³/mol. The molecule has 7 heteroatoms. The second kappa shape index (κ2) is 4.96. The highest BCUT2D eigenvalue weighted by atomic mass is 17.2. The van der Waals surface area contributed by atoms with Crippen molar-refractivity contribution in [1.29, 1.82) is 0 Å². The van der Waals surface area contributed by atoms with Crippen LogP contribution in [0.5, 0.6) is 11.5 Å². The van der Waals surface area contributed by atoms with E-state index in [-0.39, 0.29) is 17.2 Å². The Balaban J connectivity index is 2.97. The number of non-ortho nitro benzene ring substituents is 1. The molecule has 1 aromatic carbocycles. The average molecular weight is 227 g/mol. The van der Waals surface area contributed by atoms with Crippen LogP contribution >= 0.6 is 0 Å². The molecule has 0 spiro atoms. The topological polar surface area (TPSA) is 87.9 Å². The van der Waals surface area contributed by atoms with Crippen molar-refractivity contribution in [3.8, 4) is 11.5 Å². The van der Waals surface area contributed by atoms with Gasteiger partial charge in [-0.25, -0.2) is 4.79 Å². The van der Waals surface area contributed by atoms with E-state index < -0.39 is 10.9 Å². The number of carbonyl (C=O) groups is 1. The molecule has 0 unspecified atom stereocenters. The summed E-state index contributed by atoms with van der Waals surface area (Å²) in [6, 6.07) is 3.69. The molecular formula is C9H9NO6. The zero-order valence-electron chi connectivity index (χ0n) is 8.63. The van der Waals surface area contributed by atoms with Crippen LogP contribution in [-0.4, -0.2) is 18.0 Å². The standard InChI is InChI=1S/C9H9NO6/c1-6(11)15-16-9-5-7(10(12)13)3-4-8(9)14-2/h3-5H,1-2H3. The Hall–Kier alpha value is -2.31. The Kier molecular flexibility index (Phi) is 3.65. The molecular weight excluding hydrogens is 218 g/mol. The molecule has 0 atom stereocenters. The first kappa shape index (κ1) is 11.8. The zero-order chi connectivity index (χ0) is 12.1. The molecule has 0 heterocycles. The van der Waals surface area contributed by atoms with Gasteiger partial charge in [0.1, 0.15) is 0 Å². The lowest BCUT2D eigenvalue weighted by Crippen LogP contribution is -2.04. The van der Waals surface area contributed by atoms with Crippen molar-refractivity contribution in [3.63, 3.8) is 0 Å². The van der Waals surface area contributed by atoms with Gasteiger partial charge in [-0.15, -0.1) is 0 Å². The number of hydrogen-bond donors (Lipinski definition) is 0. The summed E-state index contributed by atoms with van der Waals surface area (Å²) in [6.45, 7) is 1.14. The second-order valence-electron chi connectivity index (χ2n) is 2.75. The van der Waals surface area contributed by atoms with Crippen molar-refractivity contribution < 1.29 is 24.2 Å². The maximum Gasteiger partial charge on any atom is 0.352 e. The van der Waals surface area contributed by atoms with Gasteiger partial charge in [-0.05, 0) is 6.07 Å². The van der Waals surface area contributed by atoms with Crippen LogP contribution in [0.2, 0.25) is 0 Å². The molecule has 0 amide bonds. The van der Waals surface area contributed by atoms with E-state index in [1.165, 1.54) is 19.2 Å². The fraction of sp³-hybridized carbons (Fsp3) is 0.222. The second-order valence-corrected chi connectivity index (χ2v) is 2.75. The first-order valence-electron chi connectivity index (χ1n) is 4.22. The van der Waals surface area contributed by atoms with E-state index in [0.717, 1.165) is 13.0 Å². The van der Waals surface area contributed by atoms with Crippen LogP contribution in [-0.2, 0) is 9.68 Å². The molecule has 0 fully saturated rings. The number of nitro benzene ring substituents is 1. The van der Waals surface area contributed by atoms with Crippen LogP contribution in [0.1, 0.15) is 6.92 Å². The molecule has 0 aliphatic rings. The SMILES string of the molecule is COc1ccc([N+](=O)[O-])cc1OOC(C)=O. The molecule has 0 aliphatic carbocycles. The summed E-state index contributed by atoms with van der Waals surface area (Å²) in [6.07, 6.45) is 0. The third-order valence-corrected chi connectivity index (χ3v) is 1.61. The van der Waals surface area contributed by atoms with Gasteiger partial charge >= 0.3 is 5.97 Å². The van der Waals surface area contributed by atoms with E-state index in [1.807, 2.05) is 0 Å². The van der Waals surface area contributed by atoms with Crippen LogP contribution in [0, 0.1) is 10.1 Å². The van der Waals surface area contributed by atoms with Crippen molar-refractivity contribution in [2.75, 3.05) is 7.11 Å². The van der Waals surface area contributed by atoms with Crippen LogP contribution in [0.15, 0.2) is 18.2 Å². The molecule has 0 aliphatic heterocycles. The Morgan fingerprint density at radius 1 is 1.38 bits per heavy atom. The first-order valence-corrected chi connectivity index (χ1v) is 4.22. The van der Waals surface area contributed by atoms with Gasteiger partial charge in [0.25, 0.3) is 5.69 Å². The Morgan fingerprint density at radius 3 is 2.56 bits per heavy atom. The first-order chi connectivity index (χ1) is 7.54. The smallest absolute Gasteiger partial charge is 0.352 e. The normalized spacial score (nSPS) is 9.38. The monoisotopic (exact) mass is 227 g/mol. The Labute approximate surface area is 90.6 Å². The summed E-state index contributed by atoms with van der Waals surface area (Å²) >= 11 is 0. The van der Waals surface area contributed by atoms with Gasteiger partial charge in [0.2, 0.25) is 5.75 Å². The van der Waals surface area contributed by atoms with E-state index in [9.17, 15) is 14.9 Å². The number of rotatable bonds is 4. The fourth-order valence-corrected chi connectivity index (χ4v) is 0.948. The molecule has 7 nitrogen and oxygen atoms in total. The van der Waals surface area contributed by atoms with E-state index in [1.54, 1.807) is 0 Å². The number of nitro groups is 1. The highest BCUT2D eigenvalue weighted by Gasteiger charge is 2.14. The third-order valence-electron chi connectivity index (χ3n) is 1.61. The van der Waals surface area contributed by atoms with Crippen molar-refractivity contribution in [2.45, 2.75) is 6.92 Å². The lowest BCUT2D eigenvalue weighted by molar-refractivity contribution is -0.385. The van der Waals surface area contributed by atoms with Crippen LogP contribution in [0.3, 0.4) is 0 Å². The summed E-state index contributed by atoms with van der Waals surface area (Å²) in [5, 5.41) is 10.5. The number of nitrogens with zero attached hydrogens (tertiary/aromatic N) is 1. The van der Waals surface area contributed by atoms with Gasteiger partial charge < -0.3 is 4.74 Å². The summed E-state index contributed by atoms with van der Waals surface area (Å²) in [5.74, 6) is -0.479. The molecule has 1 rings (SSSR count). The molecule has 86 valence electrons. The highest BCUT2D eigenvalue weighted by Crippen LogP contribution is 2.31. The van der Waals surface area contributed by atoms with E-state index in [2.05, 4.69) is 9.78 Å². The minimum absolute atomic E-state index is 0.0353. The van der Waals surface area contributed by atoms with Crippen molar-refractivity contribution >= 4 is 11.7 Å². The van der Waals surface area contributed by atoms with Crippen LogP contribution in [0.4, 0.5) is 5.69 Å². The molecule has 0 saturated carbocycles. The fourth-order valence-electron chi connectivity index (χ4n) is 0.948. The van der Waals surface area contributed by atoms with Gasteiger partial charge in [0.05, 0.1) is 18.1 Å². The molecule has 1 aromatic rings. The highest BCUT2D eigenvalue weighted by molar-refractivity contribution is 5.65. The average Bonchev–Trinajstić information content (AvgIpc) is 2.25. The maximum absolute atomic E-state index is 10.5. The number of hydrogen-bond acceptors (Lipinski definition) is 6. The molecule has 0 aromatic heterocycles. The van der Waals surface area contributed by atoms with Gasteiger partial charge in [-0.3, -0.25) is 19.9 Å². The lowest BCUT2D eigenvalue weighted by atomic mass is 10.3. The van der Waals surface area contributed by atoms with Crippen molar-refractivity contribution in [1.82, 2.24) is 0 Å². The van der Waals surface area contributed by atoms with Gasteiger partial charge in [0, 0.05) is 13.0 Å². The molecule has 0 bridgehead atoms. The van der Waals surface area contributed by atoms with Gasteiger partial charge in [-0.2, -0.15) is 0 Å². The van der Waals surface area contributed by atoms with Gasteiger partial charge in [0.15, 0.2) is 5.75 Å². The number of benzene rings is 1. The largest absolute Gasteiger partial charge is 0.493 e. The summed E-state index contributed by atoms with van der Waals surface area (Å²) in [4.78, 5) is 29.3. The van der Waals surface area contributed by atoms with E-state index in [4.69, 9.17) is 4.74 Å². The zero-order valence-corrected chi connectivity index (χ0v) is 8.63. The van der Waals surface area contributed by atoms with Crippen molar-refractivity contribution in [3.05, 3.63) is 28.3 Å². The minimum atomic E-state index is -0.673. The van der Waals surface area contributed by atoms with E-state index >= 15 is 0 Å². The summed E-state index contributed by atoms with van der Waals surface area (Å²) < 4.78 is 4.87. The number of methoxy groups -OCH3 is 1. The number of ether oxygens (including phenoxy) is 1. The molecule has 16 heavy (non-hydrogen) atoms.